The van der Waals surface area contributed by atoms with Gasteiger partial charge in [-0.1, -0.05) is 12.8 Å². The van der Waals surface area contributed by atoms with Crippen molar-refractivity contribution >= 4 is 0 Å². The maximum atomic E-state index is 6.49. The lowest BCUT2D eigenvalue weighted by atomic mass is 9.89. The quantitative estimate of drug-likeness (QED) is 0.611. The van der Waals surface area contributed by atoms with E-state index in [0.717, 1.165) is 77.0 Å². The largest absolute Gasteiger partial charge is 0.375 e. The Hall–Kier alpha value is -0.200. The van der Waals surface area contributed by atoms with Gasteiger partial charge in [0.1, 0.15) is 11.4 Å². The average Bonchev–Trinajstić information content (AvgIpc) is 2.72. The summed E-state index contributed by atoms with van der Waals surface area (Å²) in [6.07, 6.45) is 21.9. The first-order chi connectivity index (χ1) is 14.0. The Bertz CT molecular complexity index is 442. The molecule has 4 N–H and O–H groups in total. The van der Waals surface area contributed by atoms with E-state index in [1.165, 1.54) is 38.5 Å². The number of hydrogen-bond donors (Lipinski definition) is 2. The van der Waals surface area contributed by atoms with Gasteiger partial charge in [0.05, 0.1) is 24.4 Å². The summed E-state index contributed by atoms with van der Waals surface area (Å²) in [6.45, 7) is 0. The lowest BCUT2D eigenvalue weighted by molar-refractivity contribution is -0.150. The second-order valence-corrected chi connectivity index (χ2v) is 10.4. The highest BCUT2D eigenvalue weighted by Crippen LogP contribution is 2.35. The monoisotopic (exact) mass is 408 g/mol. The van der Waals surface area contributed by atoms with E-state index in [1.807, 2.05) is 0 Å². The van der Waals surface area contributed by atoms with Crippen LogP contribution in [0.4, 0.5) is 0 Å². The van der Waals surface area contributed by atoms with Gasteiger partial charge in [0, 0.05) is 0 Å². The first-order valence-electron chi connectivity index (χ1n) is 12.6. The molecule has 0 radical (unpaired) electrons. The minimum Gasteiger partial charge on any atom is -0.375 e. The third kappa shape index (κ3) is 6.39. The Balaban J connectivity index is 1.13. The van der Waals surface area contributed by atoms with Crippen LogP contribution in [-0.2, 0) is 14.2 Å². The number of rotatable bonds is 6. The molecule has 0 aromatic rings. The third-order valence-electron chi connectivity index (χ3n) is 7.83. The van der Waals surface area contributed by atoms with Crippen LogP contribution in [0.15, 0.2) is 0 Å². The molecule has 0 amide bonds. The fraction of sp³-hybridized carbons (Fsp3) is 1.00. The van der Waals surface area contributed by atoms with Gasteiger partial charge in [-0.15, -0.1) is 0 Å². The molecule has 4 saturated carbocycles. The van der Waals surface area contributed by atoms with Gasteiger partial charge in [-0.3, -0.25) is 0 Å². The summed E-state index contributed by atoms with van der Waals surface area (Å²) in [5.74, 6) is 0. The average molecular weight is 409 g/mol. The van der Waals surface area contributed by atoms with Crippen LogP contribution in [0.5, 0.6) is 0 Å². The van der Waals surface area contributed by atoms with E-state index in [2.05, 4.69) is 0 Å². The minimum absolute atomic E-state index is 0.332. The highest BCUT2D eigenvalue weighted by molar-refractivity contribution is 4.85. The van der Waals surface area contributed by atoms with Gasteiger partial charge in [0.2, 0.25) is 0 Å². The highest BCUT2D eigenvalue weighted by Gasteiger charge is 2.36. The van der Waals surface area contributed by atoms with Gasteiger partial charge in [-0.05, 0) is 103 Å². The van der Waals surface area contributed by atoms with Crippen LogP contribution in [0.1, 0.15) is 116 Å². The van der Waals surface area contributed by atoms with Crippen LogP contribution < -0.4 is 11.5 Å². The molecule has 4 aliphatic rings. The molecule has 5 nitrogen and oxygen atoms in total. The van der Waals surface area contributed by atoms with Gasteiger partial charge in [-0.25, -0.2) is 0 Å². The molecule has 4 aliphatic carbocycles. The summed E-state index contributed by atoms with van der Waals surface area (Å²) in [7, 11) is 0. The van der Waals surface area contributed by atoms with Crippen LogP contribution in [0.2, 0.25) is 0 Å². The zero-order valence-corrected chi connectivity index (χ0v) is 18.4. The Labute approximate surface area is 177 Å². The summed E-state index contributed by atoms with van der Waals surface area (Å²) >= 11 is 0. The minimum atomic E-state index is -0.353. The van der Waals surface area contributed by atoms with E-state index in [4.69, 9.17) is 25.7 Å². The van der Waals surface area contributed by atoms with Gasteiger partial charge in [0.15, 0.2) is 0 Å². The van der Waals surface area contributed by atoms with E-state index in [1.54, 1.807) is 0 Å². The van der Waals surface area contributed by atoms with Crippen molar-refractivity contribution in [3.05, 3.63) is 0 Å². The molecule has 0 heterocycles. The van der Waals surface area contributed by atoms with Crippen LogP contribution in [-0.4, -0.2) is 35.9 Å². The molecule has 4 rings (SSSR count). The van der Waals surface area contributed by atoms with Crippen LogP contribution >= 0.6 is 0 Å². The summed E-state index contributed by atoms with van der Waals surface area (Å²) in [5.41, 5.74) is 12.3. The van der Waals surface area contributed by atoms with Gasteiger partial charge in [-0.2, -0.15) is 0 Å². The van der Waals surface area contributed by atoms with Crippen molar-refractivity contribution < 1.29 is 14.2 Å². The van der Waals surface area contributed by atoms with Crippen molar-refractivity contribution in [2.45, 2.75) is 151 Å². The molecular formula is C24H44N2O3. The molecule has 168 valence electrons. The molecule has 29 heavy (non-hydrogen) atoms. The fourth-order valence-corrected chi connectivity index (χ4v) is 6.04. The molecule has 4 fully saturated rings. The van der Waals surface area contributed by atoms with Gasteiger partial charge in [0.25, 0.3) is 0 Å². The summed E-state index contributed by atoms with van der Waals surface area (Å²) in [4.78, 5) is 0. The van der Waals surface area contributed by atoms with E-state index < -0.39 is 0 Å². The molecule has 0 aliphatic heterocycles. The highest BCUT2D eigenvalue weighted by atomic mass is 16.5. The topological polar surface area (TPSA) is 79.7 Å². The Morgan fingerprint density at radius 3 is 1.10 bits per heavy atom. The zero-order valence-electron chi connectivity index (χ0n) is 18.4. The molecule has 0 aromatic heterocycles. The lowest BCUT2D eigenvalue weighted by Crippen LogP contribution is -2.48. The van der Waals surface area contributed by atoms with Crippen LogP contribution in [0.25, 0.3) is 0 Å². The normalized spacial score (nSPS) is 37.9. The van der Waals surface area contributed by atoms with E-state index in [9.17, 15) is 0 Å². The Kier molecular flexibility index (Phi) is 7.55. The Morgan fingerprint density at radius 1 is 0.448 bits per heavy atom. The lowest BCUT2D eigenvalue weighted by Gasteiger charge is -2.41. The molecule has 0 atom stereocenters. The number of hydrogen-bond acceptors (Lipinski definition) is 5. The first-order valence-corrected chi connectivity index (χ1v) is 12.6. The van der Waals surface area contributed by atoms with E-state index in [0.29, 0.717) is 24.4 Å². The zero-order chi connectivity index (χ0) is 20.2. The summed E-state index contributed by atoms with van der Waals surface area (Å²) in [6, 6.07) is 0. The second-order valence-electron chi connectivity index (χ2n) is 10.4. The number of nitrogens with two attached hydrogens (primary N) is 2. The van der Waals surface area contributed by atoms with Crippen LogP contribution in [0.3, 0.4) is 0 Å². The van der Waals surface area contributed by atoms with E-state index >= 15 is 0 Å². The molecule has 0 bridgehead atoms. The molecular weight excluding hydrogens is 364 g/mol. The van der Waals surface area contributed by atoms with Crippen molar-refractivity contribution in [3.63, 3.8) is 0 Å². The first kappa shape index (κ1) is 22.0. The SMILES string of the molecule is NC1(OC2CCC(OC3CCC(OC4(N)CCCCC4)CC3)CC2)CCCCC1. The molecule has 0 aromatic carbocycles. The third-order valence-corrected chi connectivity index (χ3v) is 7.83. The van der Waals surface area contributed by atoms with Crippen molar-refractivity contribution in [2.24, 2.45) is 11.5 Å². The smallest absolute Gasteiger partial charge is 0.117 e. The maximum Gasteiger partial charge on any atom is 0.117 e. The second kappa shape index (κ2) is 9.95. The number of ether oxygens (including phenoxy) is 3. The molecule has 5 heteroatoms. The Morgan fingerprint density at radius 2 is 0.759 bits per heavy atom. The van der Waals surface area contributed by atoms with Crippen molar-refractivity contribution in [1.29, 1.82) is 0 Å². The molecule has 0 spiro atoms. The molecule has 0 saturated heterocycles. The maximum absolute atomic E-state index is 6.49. The van der Waals surface area contributed by atoms with Crippen molar-refractivity contribution in [3.8, 4) is 0 Å². The predicted octanol–water partition coefficient (Wildman–Crippen LogP) is 4.90. The molecule has 0 unspecified atom stereocenters. The van der Waals surface area contributed by atoms with E-state index in [-0.39, 0.29) is 11.4 Å². The van der Waals surface area contributed by atoms with Crippen molar-refractivity contribution in [1.82, 2.24) is 0 Å². The van der Waals surface area contributed by atoms with Gasteiger partial charge >= 0.3 is 0 Å². The van der Waals surface area contributed by atoms with Gasteiger partial charge < -0.3 is 25.7 Å². The van der Waals surface area contributed by atoms with Crippen molar-refractivity contribution in [2.75, 3.05) is 0 Å². The fourth-order valence-electron chi connectivity index (χ4n) is 6.04. The predicted molar refractivity (Wildman–Crippen MR) is 115 cm³/mol. The summed E-state index contributed by atoms with van der Waals surface area (Å²) < 4.78 is 19.2. The summed E-state index contributed by atoms with van der Waals surface area (Å²) in [5, 5.41) is 0. The van der Waals surface area contributed by atoms with Crippen LogP contribution in [0, 0.1) is 0 Å². The standard InChI is InChI=1S/C24H44N2O3/c25-23(15-3-1-4-16-23)28-21-11-7-19(8-12-21)27-20-9-13-22(14-10-20)29-24(26)17-5-2-6-18-24/h19-22H,1-18,25-26H2.